The standard InChI is InChI=1S/C16H26N6O2/c1-11(2)8-21-4-5-22-13(9-21)6-12(19-22)7-17-15(23)14-10-20(3)16(24)18-14/h6,11,14H,4-5,7-10H2,1-3H3,(H,17,23)(H,18,24)/t14-/m0/s1. The number of hydrogen-bond donors (Lipinski definition) is 2. The predicted octanol–water partition coefficient (Wildman–Crippen LogP) is -0.00550. The van der Waals surface area contributed by atoms with Gasteiger partial charge in [0.15, 0.2) is 0 Å². The van der Waals surface area contributed by atoms with Crippen molar-refractivity contribution in [3.8, 4) is 0 Å². The monoisotopic (exact) mass is 334 g/mol. The third-order valence-electron chi connectivity index (χ3n) is 4.41. The summed E-state index contributed by atoms with van der Waals surface area (Å²) in [5, 5.41) is 10.1. The summed E-state index contributed by atoms with van der Waals surface area (Å²) in [4.78, 5) is 27.5. The van der Waals surface area contributed by atoms with Crippen LogP contribution in [-0.2, 0) is 24.4 Å². The van der Waals surface area contributed by atoms with E-state index in [1.165, 1.54) is 10.6 Å². The SMILES string of the molecule is CC(C)CN1CCn2nc(CNC(=O)[C@@H]3CN(C)C(=O)N3)cc2C1. The number of amides is 3. The topological polar surface area (TPSA) is 82.5 Å². The van der Waals surface area contributed by atoms with Gasteiger partial charge in [-0.3, -0.25) is 14.4 Å². The molecule has 3 heterocycles. The lowest BCUT2D eigenvalue weighted by Crippen LogP contribution is -2.42. The van der Waals surface area contributed by atoms with Gasteiger partial charge < -0.3 is 15.5 Å². The fourth-order valence-electron chi connectivity index (χ4n) is 3.25. The first-order chi connectivity index (χ1) is 11.4. The lowest BCUT2D eigenvalue weighted by Gasteiger charge is -2.28. The van der Waals surface area contributed by atoms with E-state index in [-0.39, 0.29) is 11.9 Å². The van der Waals surface area contributed by atoms with E-state index < -0.39 is 6.04 Å². The van der Waals surface area contributed by atoms with Gasteiger partial charge in [-0.1, -0.05) is 13.8 Å². The number of aromatic nitrogens is 2. The second kappa shape index (κ2) is 6.80. The first kappa shape index (κ1) is 16.8. The summed E-state index contributed by atoms with van der Waals surface area (Å²) in [6, 6.07) is 1.37. The summed E-state index contributed by atoms with van der Waals surface area (Å²) in [6.45, 7) is 9.14. The Hall–Kier alpha value is -2.09. The van der Waals surface area contributed by atoms with Gasteiger partial charge in [0.25, 0.3) is 0 Å². The maximum atomic E-state index is 12.1. The molecule has 24 heavy (non-hydrogen) atoms. The smallest absolute Gasteiger partial charge is 0.317 e. The number of urea groups is 1. The Balaban J connectivity index is 1.53. The molecular weight excluding hydrogens is 308 g/mol. The predicted molar refractivity (Wildman–Crippen MR) is 89.1 cm³/mol. The molecule has 8 nitrogen and oxygen atoms in total. The summed E-state index contributed by atoms with van der Waals surface area (Å²) >= 11 is 0. The van der Waals surface area contributed by atoms with Crippen molar-refractivity contribution in [2.45, 2.75) is 39.5 Å². The van der Waals surface area contributed by atoms with E-state index in [1.54, 1.807) is 7.05 Å². The molecule has 1 aromatic heterocycles. The maximum Gasteiger partial charge on any atom is 0.317 e. The third-order valence-corrected chi connectivity index (χ3v) is 4.41. The van der Waals surface area contributed by atoms with Crippen LogP contribution in [0.1, 0.15) is 25.2 Å². The lowest BCUT2D eigenvalue weighted by atomic mass is 10.2. The fourth-order valence-corrected chi connectivity index (χ4v) is 3.25. The molecule has 0 radical (unpaired) electrons. The van der Waals surface area contributed by atoms with Crippen LogP contribution < -0.4 is 10.6 Å². The molecule has 1 aromatic rings. The highest BCUT2D eigenvalue weighted by Gasteiger charge is 2.31. The molecule has 0 aromatic carbocycles. The van der Waals surface area contributed by atoms with Gasteiger partial charge in [-0.15, -0.1) is 0 Å². The van der Waals surface area contributed by atoms with E-state index in [4.69, 9.17) is 0 Å². The quantitative estimate of drug-likeness (QED) is 0.794. The highest BCUT2D eigenvalue weighted by atomic mass is 16.2. The molecule has 8 heteroatoms. The van der Waals surface area contributed by atoms with E-state index in [1.807, 2.05) is 4.68 Å². The number of carbonyl (C=O) groups is 2. The van der Waals surface area contributed by atoms with Crippen LogP contribution in [0.25, 0.3) is 0 Å². The zero-order valence-electron chi connectivity index (χ0n) is 14.6. The Morgan fingerprint density at radius 1 is 1.46 bits per heavy atom. The zero-order valence-corrected chi connectivity index (χ0v) is 14.6. The summed E-state index contributed by atoms with van der Waals surface area (Å²) in [6.07, 6.45) is 0. The van der Waals surface area contributed by atoms with Gasteiger partial charge in [-0.25, -0.2) is 4.79 Å². The fraction of sp³-hybridized carbons (Fsp3) is 0.688. The minimum absolute atomic E-state index is 0.167. The van der Waals surface area contributed by atoms with Crippen molar-refractivity contribution in [1.82, 2.24) is 30.2 Å². The van der Waals surface area contributed by atoms with E-state index in [0.717, 1.165) is 31.9 Å². The molecule has 3 amide bonds. The molecule has 3 rings (SSSR count). The Bertz CT molecular complexity index is 626. The lowest BCUT2D eigenvalue weighted by molar-refractivity contribution is -0.122. The second-order valence-corrected chi connectivity index (χ2v) is 7.08. The van der Waals surface area contributed by atoms with Gasteiger partial charge in [0.1, 0.15) is 6.04 Å². The van der Waals surface area contributed by atoms with E-state index >= 15 is 0 Å². The van der Waals surface area contributed by atoms with Crippen molar-refractivity contribution in [1.29, 1.82) is 0 Å². The van der Waals surface area contributed by atoms with Gasteiger partial charge in [0.05, 0.1) is 31.0 Å². The largest absolute Gasteiger partial charge is 0.349 e. The molecule has 2 aliphatic rings. The van der Waals surface area contributed by atoms with Crippen molar-refractivity contribution >= 4 is 11.9 Å². The van der Waals surface area contributed by atoms with Gasteiger partial charge in [0.2, 0.25) is 5.91 Å². The number of fused-ring (bicyclic) bond motifs is 1. The molecular formula is C16H26N6O2. The average molecular weight is 334 g/mol. The molecule has 1 atom stereocenters. The van der Waals surface area contributed by atoms with Gasteiger partial charge in [-0.05, 0) is 12.0 Å². The number of nitrogens with zero attached hydrogens (tertiary/aromatic N) is 4. The van der Waals surface area contributed by atoms with Crippen LogP contribution in [0.5, 0.6) is 0 Å². The minimum Gasteiger partial charge on any atom is -0.349 e. The molecule has 132 valence electrons. The molecule has 0 spiro atoms. The van der Waals surface area contributed by atoms with Crippen molar-refractivity contribution in [2.75, 3.05) is 26.7 Å². The Morgan fingerprint density at radius 3 is 2.92 bits per heavy atom. The number of nitrogens with one attached hydrogen (secondary N) is 2. The van der Waals surface area contributed by atoms with Crippen molar-refractivity contribution in [2.24, 2.45) is 5.92 Å². The highest BCUT2D eigenvalue weighted by molar-refractivity contribution is 5.90. The zero-order chi connectivity index (χ0) is 17.3. The number of rotatable bonds is 5. The van der Waals surface area contributed by atoms with E-state index in [2.05, 4.69) is 40.5 Å². The molecule has 1 saturated heterocycles. The normalized spacial score (nSPS) is 21.1. The summed E-state index contributed by atoms with van der Waals surface area (Å²) < 4.78 is 2.03. The average Bonchev–Trinajstić information content (AvgIpc) is 3.07. The van der Waals surface area contributed by atoms with Crippen LogP contribution >= 0.6 is 0 Å². The van der Waals surface area contributed by atoms with Crippen molar-refractivity contribution < 1.29 is 9.59 Å². The maximum absolute atomic E-state index is 12.1. The van der Waals surface area contributed by atoms with Crippen molar-refractivity contribution in [3.05, 3.63) is 17.5 Å². The molecule has 2 N–H and O–H groups in total. The molecule has 0 unspecified atom stereocenters. The summed E-state index contributed by atoms with van der Waals surface area (Å²) in [5.41, 5.74) is 2.06. The van der Waals surface area contributed by atoms with Gasteiger partial charge in [-0.2, -0.15) is 5.10 Å². The van der Waals surface area contributed by atoms with Crippen molar-refractivity contribution in [3.63, 3.8) is 0 Å². The van der Waals surface area contributed by atoms with Crippen LogP contribution in [0.2, 0.25) is 0 Å². The summed E-state index contributed by atoms with van der Waals surface area (Å²) in [7, 11) is 1.68. The van der Waals surface area contributed by atoms with Crippen LogP contribution in [0.15, 0.2) is 6.07 Å². The van der Waals surface area contributed by atoms with E-state index in [9.17, 15) is 9.59 Å². The highest BCUT2D eigenvalue weighted by Crippen LogP contribution is 2.15. The molecule has 0 aliphatic carbocycles. The molecule has 0 saturated carbocycles. The first-order valence-corrected chi connectivity index (χ1v) is 8.49. The Labute approximate surface area is 142 Å². The van der Waals surface area contributed by atoms with Crippen LogP contribution in [0.4, 0.5) is 4.79 Å². The molecule has 0 bridgehead atoms. The van der Waals surface area contributed by atoms with Crippen LogP contribution in [0, 0.1) is 5.92 Å². The Kier molecular flexibility index (Phi) is 4.75. The van der Waals surface area contributed by atoms with Crippen LogP contribution in [0.3, 0.4) is 0 Å². The number of likely N-dealkylation sites (N-methyl/N-ethyl adjacent to an activating group) is 1. The molecule has 2 aliphatic heterocycles. The number of hydrogen-bond acceptors (Lipinski definition) is 4. The third kappa shape index (κ3) is 3.69. The number of carbonyl (C=O) groups excluding carboxylic acids is 2. The van der Waals surface area contributed by atoms with Crippen LogP contribution in [-0.4, -0.2) is 64.2 Å². The van der Waals surface area contributed by atoms with E-state index in [0.29, 0.717) is 19.0 Å². The second-order valence-electron chi connectivity index (χ2n) is 7.08. The molecule has 1 fully saturated rings. The summed E-state index contributed by atoms with van der Waals surface area (Å²) in [5.74, 6) is 0.484. The minimum atomic E-state index is -0.485. The Morgan fingerprint density at radius 2 is 2.25 bits per heavy atom. The van der Waals surface area contributed by atoms with Gasteiger partial charge in [0, 0.05) is 26.7 Å². The van der Waals surface area contributed by atoms with Gasteiger partial charge >= 0.3 is 6.03 Å². The first-order valence-electron chi connectivity index (χ1n) is 8.49.